The number of hydrogen-bond donors (Lipinski definition) is 1. The standard InChI is InChI=1S/C14H10BrClN2/c15-13-6-5-12(16)7-11(13)9-18-14-4-2-1-3-10(14)8-17/h1-7,18H,9H2. The monoisotopic (exact) mass is 320 g/mol. The maximum Gasteiger partial charge on any atom is 0.101 e. The van der Waals surface area contributed by atoms with E-state index in [0.717, 1.165) is 15.7 Å². The van der Waals surface area contributed by atoms with Crippen LogP contribution in [0.1, 0.15) is 11.1 Å². The molecular weight excluding hydrogens is 312 g/mol. The Hall–Kier alpha value is -1.50. The van der Waals surface area contributed by atoms with E-state index in [9.17, 15) is 0 Å². The molecule has 2 aromatic carbocycles. The van der Waals surface area contributed by atoms with Crippen LogP contribution < -0.4 is 5.32 Å². The number of nitrogens with zero attached hydrogens (tertiary/aromatic N) is 1. The first-order chi connectivity index (χ1) is 8.70. The molecule has 18 heavy (non-hydrogen) atoms. The van der Waals surface area contributed by atoms with E-state index in [1.54, 1.807) is 6.07 Å². The highest BCUT2D eigenvalue weighted by molar-refractivity contribution is 9.10. The van der Waals surface area contributed by atoms with Gasteiger partial charge in [0.15, 0.2) is 0 Å². The lowest BCUT2D eigenvalue weighted by molar-refractivity contribution is 1.13. The summed E-state index contributed by atoms with van der Waals surface area (Å²) >= 11 is 9.43. The molecule has 0 amide bonds. The van der Waals surface area contributed by atoms with Crippen molar-refractivity contribution in [3.05, 3.63) is 63.1 Å². The Bertz CT molecular complexity index is 605. The highest BCUT2D eigenvalue weighted by Gasteiger charge is 2.03. The molecule has 0 aliphatic carbocycles. The number of benzene rings is 2. The van der Waals surface area contributed by atoms with Gasteiger partial charge in [0.2, 0.25) is 0 Å². The molecule has 4 heteroatoms. The molecule has 0 aliphatic heterocycles. The minimum Gasteiger partial charge on any atom is -0.380 e. The lowest BCUT2D eigenvalue weighted by Crippen LogP contribution is -2.01. The number of rotatable bonds is 3. The number of nitriles is 1. The van der Waals surface area contributed by atoms with Crippen LogP contribution in [0.2, 0.25) is 5.02 Å². The van der Waals surface area contributed by atoms with Gasteiger partial charge in [-0.2, -0.15) is 5.26 Å². The van der Waals surface area contributed by atoms with Gasteiger partial charge in [-0.25, -0.2) is 0 Å². The number of para-hydroxylation sites is 1. The maximum atomic E-state index is 8.99. The molecule has 0 saturated carbocycles. The Kier molecular flexibility index (Phi) is 4.24. The molecule has 2 aromatic rings. The zero-order valence-electron chi connectivity index (χ0n) is 9.45. The minimum absolute atomic E-state index is 0.611. The van der Waals surface area contributed by atoms with Gasteiger partial charge in [-0.05, 0) is 35.9 Å². The summed E-state index contributed by atoms with van der Waals surface area (Å²) in [5.41, 5.74) is 2.51. The van der Waals surface area contributed by atoms with Crippen molar-refractivity contribution >= 4 is 33.2 Å². The fraction of sp³-hybridized carbons (Fsp3) is 0.0714. The lowest BCUT2D eigenvalue weighted by Gasteiger charge is -2.09. The highest BCUT2D eigenvalue weighted by Crippen LogP contribution is 2.23. The Morgan fingerprint density at radius 2 is 2.00 bits per heavy atom. The second-order valence-electron chi connectivity index (χ2n) is 3.75. The van der Waals surface area contributed by atoms with Crippen LogP contribution in [0.15, 0.2) is 46.9 Å². The summed E-state index contributed by atoms with van der Waals surface area (Å²) < 4.78 is 0.994. The Balaban J connectivity index is 2.17. The number of anilines is 1. The van der Waals surface area contributed by atoms with Crippen molar-refractivity contribution in [3.8, 4) is 6.07 Å². The van der Waals surface area contributed by atoms with Gasteiger partial charge in [-0.3, -0.25) is 0 Å². The van der Waals surface area contributed by atoms with Crippen LogP contribution in [-0.4, -0.2) is 0 Å². The maximum absolute atomic E-state index is 8.99. The van der Waals surface area contributed by atoms with Crippen LogP contribution in [-0.2, 0) is 6.54 Å². The summed E-state index contributed by atoms with van der Waals surface area (Å²) in [6.07, 6.45) is 0. The summed E-state index contributed by atoms with van der Waals surface area (Å²) in [6, 6.07) is 15.2. The van der Waals surface area contributed by atoms with Gasteiger partial charge in [-0.15, -0.1) is 0 Å². The zero-order valence-corrected chi connectivity index (χ0v) is 11.8. The van der Waals surface area contributed by atoms with Crippen molar-refractivity contribution in [2.75, 3.05) is 5.32 Å². The average Bonchev–Trinajstić information content (AvgIpc) is 2.40. The molecule has 0 saturated heterocycles. The van der Waals surface area contributed by atoms with Gasteiger partial charge in [0.25, 0.3) is 0 Å². The average molecular weight is 322 g/mol. The van der Waals surface area contributed by atoms with Gasteiger partial charge in [0, 0.05) is 16.0 Å². The van der Waals surface area contributed by atoms with Crippen molar-refractivity contribution < 1.29 is 0 Å². The molecular formula is C14H10BrClN2. The van der Waals surface area contributed by atoms with E-state index in [4.69, 9.17) is 16.9 Å². The van der Waals surface area contributed by atoms with Gasteiger partial charge in [-0.1, -0.05) is 39.7 Å². The van der Waals surface area contributed by atoms with E-state index in [1.807, 2.05) is 36.4 Å². The fourth-order valence-electron chi connectivity index (χ4n) is 1.60. The van der Waals surface area contributed by atoms with E-state index in [0.29, 0.717) is 17.1 Å². The molecule has 0 unspecified atom stereocenters. The number of nitrogens with one attached hydrogen (secondary N) is 1. The first-order valence-electron chi connectivity index (χ1n) is 5.37. The van der Waals surface area contributed by atoms with Crippen LogP contribution in [0.3, 0.4) is 0 Å². The van der Waals surface area contributed by atoms with Gasteiger partial charge >= 0.3 is 0 Å². The first-order valence-corrected chi connectivity index (χ1v) is 6.55. The van der Waals surface area contributed by atoms with Crippen LogP contribution in [0.5, 0.6) is 0 Å². The summed E-state index contributed by atoms with van der Waals surface area (Å²) in [4.78, 5) is 0. The van der Waals surface area contributed by atoms with Crippen LogP contribution in [0, 0.1) is 11.3 Å². The SMILES string of the molecule is N#Cc1ccccc1NCc1cc(Cl)ccc1Br. The van der Waals surface area contributed by atoms with E-state index in [1.165, 1.54) is 0 Å². The molecule has 0 spiro atoms. The molecule has 0 radical (unpaired) electrons. The fourth-order valence-corrected chi connectivity index (χ4v) is 2.19. The molecule has 90 valence electrons. The smallest absolute Gasteiger partial charge is 0.101 e. The first kappa shape index (κ1) is 12.9. The van der Waals surface area contributed by atoms with E-state index in [-0.39, 0.29) is 0 Å². The topological polar surface area (TPSA) is 35.8 Å². The molecule has 2 nitrogen and oxygen atoms in total. The number of hydrogen-bond acceptors (Lipinski definition) is 2. The summed E-state index contributed by atoms with van der Waals surface area (Å²) in [5.74, 6) is 0. The Morgan fingerprint density at radius 1 is 1.22 bits per heavy atom. The van der Waals surface area contributed by atoms with Crippen LogP contribution in [0.25, 0.3) is 0 Å². The molecule has 0 aromatic heterocycles. The van der Waals surface area contributed by atoms with Crippen LogP contribution in [0.4, 0.5) is 5.69 Å². The molecule has 0 aliphatic rings. The van der Waals surface area contributed by atoms with Crippen LogP contribution >= 0.6 is 27.5 Å². The van der Waals surface area contributed by atoms with E-state index in [2.05, 4.69) is 27.3 Å². The second-order valence-corrected chi connectivity index (χ2v) is 5.04. The van der Waals surface area contributed by atoms with E-state index < -0.39 is 0 Å². The third kappa shape index (κ3) is 3.04. The van der Waals surface area contributed by atoms with Crippen molar-refractivity contribution in [1.29, 1.82) is 5.26 Å². The molecule has 0 fully saturated rings. The minimum atomic E-state index is 0.611. The molecule has 1 N–H and O–H groups in total. The third-order valence-electron chi connectivity index (χ3n) is 2.52. The predicted octanol–water partition coefficient (Wildman–Crippen LogP) is 4.59. The zero-order chi connectivity index (χ0) is 13.0. The van der Waals surface area contributed by atoms with Gasteiger partial charge < -0.3 is 5.32 Å². The quantitative estimate of drug-likeness (QED) is 0.897. The van der Waals surface area contributed by atoms with Gasteiger partial charge in [0.05, 0.1) is 11.3 Å². The van der Waals surface area contributed by atoms with Crippen molar-refractivity contribution in [1.82, 2.24) is 0 Å². The van der Waals surface area contributed by atoms with E-state index >= 15 is 0 Å². The normalized spacial score (nSPS) is 9.83. The summed E-state index contributed by atoms with van der Waals surface area (Å²) in [5, 5.41) is 12.9. The second kappa shape index (κ2) is 5.90. The summed E-state index contributed by atoms with van der Waals surface area (Å²) in [6.45, 7) is 0.611. The molecule has 2 rings (SSSR count). The third-order valence-corrected chi connectivity index (χ3v) is 3.53. The molecule has 0 bridgehead atoms. The summed E-state index contributed by atoms with van der Waals surface area (Å²) in [7, 11) is 0. The van der Waals surface area contributed by atoms with Crippen molar-refractivity contribution in [3.63, 3.8) is 0 Å². The Labute approximate surface area is 119 Å². The predicted molar refractivity (Wildman–Crippen MR) is 77.6 cm³/mol. The van der Waals surface area contributed by atoms with Crippen molar-refractivity contribution in [2.24, 2.45) is 0 Å². The molecule has 0 atom stereocenters. The lowest BCUT2D eigenvalue weighted by atomic mass is 10.1. The van der Waals surface area contributed by atoms with Gasteiger partial charge in [0.1, 0.15) is 6.07 Å². The largest absolute Gasteiger partial charge is 0.380 e. The number of halogens is 2. The van der Waals surface area contributed by atoms with Crippen molar-refractivity contribution in [2.45, 2.75) is 6.54 Å². The Morgan fingerprint density at radius 3 is 2.78 bits per heavy atom. The molecule has 0 heterocycles. The highest BCUT2D eigenvalue weighted by atomic mass is 79.9.